The molecular weight excluding hydrogens is 430 g/mol. The molecule has 4 heterocycles. The van der Waals surface area contributed by atoms with Crippen molar-refractivity contribution in [1.29, 1.82) is 0 Å². The standard InChI is InChI=1S/C25H33N7O2/c1-4-21-20-14-23-27-22(31-11-9-18(26)16-31)15-24(32(23)28-20)29(2)10-6-12-34-19-8-5-7-17(13-19)25(33)30(21)3/h5,7-8,13-15,18,21H,4,6,9-12,16,26H2,1-3H3/t18-,21?/m1/s1. The lowest BCUT2D eigenvalue weighted by atomic mass is 10.1. The summed E-state index contributed by atoms with van der Waals surface area (Å²) in [4.78, 5) is 24.5. The number of carbonyl (C=O) groups is 1. The zero-order valence-electron chi connectivity index (χ0n) is 20.1. The van der Waals surface area contributed by atoms with Gasteiger partial charge in [0.15, 0.2) is 5.65 Å². The molecule has 5 rings (SSSR count). The summed E-state index contributed by atoms with van der Waals surface area (Å²) in [5, 5.41) is 4.95. The summed E-state index contributed by atoms with van der Waals surface area (Å²) in [5.41, 5.74) is 8.39. The van der Waals surface area contributed by atoms with E-state index in [1.54, 1.807) is 4.90 Å². The molecule has 9 nitrogen and oxygen atoms in total. The number of aromatic nitrogens is 3. The summed E-state index contributed by atoms with van der Waals surface area (Å²) in [5.74, 6) is 2.54. The van der Waals surface area contributed by atoms with Gasteiger partial charge in [-0.3, -0.25) is 4.79 Å². The van der Waals surface area contributed by atoms with Crippen LogP contribution in [0.4, 0.5) is 11.6 Å². The van der Waals surface area contributed by atoms with Crippen molar-refractivity contribution in [1.82, 2.24) is 19.5 Å². The molecule has 1 saturated heterocycles. The molecule has 2 N–H and O–H groups in total. The van der Waals surface area contributed by atoms with E-state index < -0.39 is 0 Å². The van der Waals surface area contributed by atoms with Crippen LogP contribution in [0.1, 0.15) is 48.3 Å². The average Bonchev–Trinajstić information content (AvgIpc) is 3.46. The maximum Gasteiger partial charge on any atom is 0.254 e. The highest BCUT2D eigenvalue weighted by atomic mass is 16.5. The van der Waals surface area contributed by atoms with Gasteiger partial charge in [-0.25, -0.2) is 4.98 Å². The molecule has 0 aliphatic carbocycles. The number of nitrogens with two attached hydrogens (primary N) is 1. The minimum absolute atomic E-state index is 0.0544. The first-order valence-electron chi connectivity index (χ1n) is 12.1. The van der Waals surface area contributed by atoms with E-state index in [0.717, 1.165) is 61.9 Å². The number of rotatable bonds is 2. The normalized spacial score (nSPS) is 21.6. The Morgan fingerprint density at radius 3 is 2.79 bits per heavy atom. The predicted molar refractivity (Wildman–Crippen MR) is 133 cm³/mol. The minimum Gasteiger partial charge on any atom is -0.494 e. The van der Waals surface area contributed by atoms with E-state index in [1.807, 2.05) is 41.9 Å². The van der Waals surface area contributed by atoms with Crippen LogP contribution in [-0.4, -0.2) is 71.8 Å². The number of benzene rings is 1. The van der Waals surface area contributed by atoms with E-state index in [2.05, 4.69) is 29.8 Å². The van der Waals surface area contributed by atoms with Crippen molar-refractivity contribution >= 4 is 23.2 Å². The first-order valence-corrected chi connectivity index (χ1v) is 12.1. The zero-order valence-corrected chi connectivity index (χ0v) is 20.1. The van der Waals surface area contributed by atoms with Gasteiger partial charge in [-0.05, 0) is 37.5 Å². The lowest BCUT2D eigenvalue weighted by Gasteiger charge is -2.26. The monoisotopic (exact) mass is 463 g/mol. The van der Waals surface area contributed by atoms with Crippen LogP contribution in [0.15, 0.2) is 36.4 Å². The highest BCUT2D eigenvalue weighted by molar-refractivity contribution is 5.94. The third-order valence-electron chi connectivity index (χ3n) is 6.86. The van der Waals surface area contributed by atoms with E-state index in [9.17, 15) is 4.79 Å². The SMILES string of the molecule is CCC1c2cc3nc(N4CC[C@@H](N)C4)cc(n3n2)N(C)CCCOc2cccc(c2)C(=O)N1C. The van der Waals surface area contributed by atoms with Crippen LogP contribution in [0.2, 0.25) is 0 Å². The van der Waals surface area contributed by atoms with Gasteiger partial charge in [-0.2, -0.15) is 9.61 Å². The number of amides is 1. The van der Waals surface area contributed by atoms with Crippen molar-refractivity contribution in [2.75, 3.05) is 50.1 Å². The minimum atomic E-state index is -0.175. The largest absolute Gasteiger partial charge is 0.494 e. The molecule has 9 heteroatoms. The highest BCUT2D eigenvalue weighted by Crippen LogP contribution is 2.30. The first kappa shape index (κ1) is 22.5. The van der Waals surface area contributed by atoms with Crippen LogP contribution in [0, 0.1) is 0 Å². The fourth-order valence-corrected chi connectivity index (χ4v) is 4.91. The van der Waals surface area contributed by atoms with Gasteiger partial charge in [-0.1, -0.05) is 13.0 Å². The van der Waals surface area contributed by atoms with Crippen LogP contribution in [-0.2, 0) is 0 Å². The molecule has 34 heavy (non-hydrogen) atoms. The van der Waals surface area contributed by atoms with Crippen LogP contribution in [0.25, 0.3) is 5.65 Å². The second-order valence-corrected chi connectivity index (χ2v) is 9.30. The van der Waals surface area contributed by atoms with Crippen LogP contribution in [0.3, 0.4) is 0 Å². The Bertz CT molecular complexity index is 1190. The van der Waals surface area contributed by atoms with E-state index >= 15 is 0 Å². The topological polar surface area (TPSA) is 92.2 Å². The molecule has 1 fully saturated rings. The second-order valence-electron chi connectivity index (χ2n) is 9.30. The molecule has 3 aromatic rings. The van der Waals surface area contributed by atoms with Crippen molar-refractivity contribution in [3.8, 4) is 5.75 Å². The van der Waals surface area contributed by atoms with E-state index in [4.69, 9.17) is 20.6 Å². The maximum absolute atomic E-state index is 13.3. The Morgan fingerprint density at radius 1 is 1.18 bits per heavy atom. The smallest absolute Gasteiger partial charge is 0.254 e. The van der Waals surface area contributed by atoms with Gasteiger partial charge in [0.05, 0.1) is 18.3 Å². The summed E-state index contributed by atoms with van der Waals surface area (Å²) in [6.45, 7) is 5.12. The third-order valence-corrected chi connectivity index (χ3v) is 6.86. The van der Waals surface area contributed by atoms with E-state index in [-0.39, 0.29) is 18.0 Å². The highest BCUT2D eigenvalue weighted by Gasteiger charge is 2.27. The molecule has 4 bridgehead atoms. The first-order chi connectivity index (χ1) is 16.4. The van der Waals surface area contributed by atoms with Gasteiger partial charge in [0.2, 0.25) is 0 Å². The van der Waals surface area contributed by atoms with Crippen LogP contribution < -0.4 is 20.3 Å². The zero-order chi connectivity index (χ0) is 23.8. The molecule has 180 valence electrons. The molecule has 1 unspecified atom stereocenters. The summed E-state index contributed by atoms with van der Waals surface area (Å²) < 4.78 is 7.87. The Morgan fingerprint density at radius 2 is 2.03 bits per heavy atom. The quantitative estimate of drug-likeness (QED) is 0.625. The number of ether oxygens (including phenoxy) is 1. The van der Waals surface area contributed by atoms with E-state index in [1.165, 1.54) is 0 Å². The Balaban J connectivity index is 1.61. The number of hydrogen-bond acceptors (Lipinski definition) is 7. The Hall–Kier alpha value is -3.33. The van der Waals surface area contributed by atoms with E-state index in [0.29, 0.717) is 17.9 Å². The number of fused-ring (bicyclic) bond motifs is 3. The Kier molecular flexibility index (Phi) is 6.03. The van der Waals surface area contributed by atoms with Gasteiger partial charge in [0.25, 0.3) is 5.91 Å². The molecule has 2 aromatic heterocycles. The van der Waals surface area contributed by atoms with Crippen molar-refractivity contribution in [2.24, 2.45) is 5.73 Å². The van der Waals surface area contributed by atoms with Gasteiger partial charge in [0.1, 0.15) is 17.4 Å². The summed E-state index contributed by atoms with van der Waals surface area (Å²) >= 11 is 0. The molecule has 0 radical (unpaired) electrons. The van der Waals surface area contributed by atoms with Gasteiger partial charge in [-0.15, -0.1) is 0 Å². The molecule has 0 saturated carbocycles. The number of nitrogens with zero attached hydrogens (tertiary/aromatic N) is 6. The molecule has 0 spiro atoms. The molecule has 1 aromatic carbocycles. The molecular formula is C25H33N7O2. The van der Waals surface area contributed by atoms with Crippen LogP contribution in [0.5, 0.6) is 5.75 Å². The summed E-state index contributed by atoms with van der Waals surface area (Å²) in [7, 11) is 3.91. The maximum atomic E-state index is 13.3. The second kappa shape index (κ2) is 9.13. The van der Waals surface area contributed by atoms with Crippen molar-refractivity contribution in [3.05, 3.63) is 47.7 Å². The van der Waals surface area contributed by atoms with Gasteiger partial charge in [0, 0.05) is 57.5 Å². The Labute approximate surface area is 200 Å². The average molecular weight is 464 g/mol. The third kappa shape index (κ3) is 4.16. The van der Waals surface area contributed by atoms with Crippen LogP contribution >= 0.6 is 0 Å². The molecule has 2 aliphatic rings. The summed E-state index contributed by atoms with van der Waals surface area (Å²) in [6.07, 6.45) is 2.53. The number of carbonyl (C=O) groups excluding carboxylic acids is 1. The molecule has 2 aliphatic heterocycles. The van der Waals surface area contributed by atoms with Gasteiger partial charge >= 0.3 is 0 Å². The van der Waals surface area contributed by atoms with Crippen molar-refractivity contribution in [3.63, 3.8) is 0 Å². The van der Waals surface area contributed by atoms with Gasteiger partial charge < -0.3 is 25.2 Å². The van der Waals surface area contributed by atoms with Crippen molar-refractivity contribution < 1.29 is 9.53 Å². The number of anilines is 2. The fraction of sp³-hybridized carbons (Fsp3) is 0.480. The van der Waals surface area contributed by atoms with Crippen molar-refractivity contribution in [2.45, 2.75) is 38.3 Å². The lowest BCUT2D eigenvalue weighted by Crippen LogP contribution is -2.31. The summed E-state index contributed by atoms with van der Waals surface area (Å²) in [6, 6.07) is 11.5. The fourth-order valence-electron chi connectivity index (χ4n) is 4.91. The predicted octanol–water partition coefficient (Wildman–Crippen LogP) is 2.71. The lowest BCUT2D eigenvalue weighted by molar-refractivity contribution is 0.0722. The molecule has 1 amide bonds. The number of hydrogen-bond donors (Lipinski definition) is 1. The molecule has 2 atom stereocenters.